The molecule has 0 aliphatic carbocycles. The number of aryl methyl sites for hydroxylation is 1. The standard InChI is InChI=1S/C11H19ClN4O/c1-3-8-15-10(12)9(13)11(16-8)14-6-5-7-17-4-2/h3-7,13H2,1-2H3,(H,14,15,16). The maximum absolute atomic E-state index is 5.92. The lowest BCUT2D eigenvalue weighted by Gasteiger charge is -2.10. The molecule has 1 rings (SSSR count). The van der Waals surface area contributed by atoms with Gasteiger partial charge in [0.2, 0.25) is 0 Å². The lowest BCUT2D eigenvalue weighted by molar-refractivity contribution is 0.147. The van der Waals surface area contributed by atoms with Gasteiger partial charge in [-0.2, -0.15) is 0 Å². The second-order valence-corrected chi connectivity index (χ2v) is 3.88. The minimum Gasteiger partial charge on any atom is -0.393 e. The number of nitrogen functional groups attached to an aromatic ring is 1. The summed E-state index contributed by atoms with van der Waals surface area (Å²) >= 11 is 5.92. The van der Waals surface area contributed by atoms with Crippen LogP contribution < -0.4 is 11.1 Å². The predicted molar refractivity (Wildman–Crippen MR) is 70.4 cm³/mol. The Bertz CT molecular complexity index is 360. The summed E-state index contributed by atoms with van der Waals surface area (Å²) < 4.78 is 5.24. The summed E-state index contributed by atoms with van der Waals surface area (Å²) in [7, 11) is 0. The van der Waals surface area contributed by atoms with Gasteiger partial charge in [0, 0.05) is 26.2 Å². The highest BCUT2D eigenvalue weighted by Crippen LogP contribution is 2.23. The molecule has 3 N–H and O–H groups in total. The van der Waals surface area contributed by atoms with Crippen LogP contribution in [0.4, 0.5) is 11.5 Å². The van der Waals surface area contributed by atoms with E-state index in [-0.39, 0.29) is 0 Å². The molecule has 0 aliphatic rings. The van der Waals surface area contributed by atoms with Crippen LogP contribution in [-0.4, -0.2) is 29.7 Å². The van der Waals surface area contributed by atoms with E-state index >= 15 is 0 Å². The Morgan fingerprint density at radius 2 is 2.12 bits per heavy atom. The lowest BCUT2D eigenvalue weighted by Crippen LogP contribution is -2.11. The molecule has 1 heterocycles. The number of hydrogen-bond donors (Lipinski definition) is 2. The van der Waals surface area contributed by atoms with Gasteiger partial charge >= 0.3 is 0 Å². The summed E-state index contributed by atoms with van der Waals surface area (Å²) in [4.78, 5) is 8.37. The lowest BCUT2D eigenvalue weighted by atomic mass is 10.4. The van der Waals surface area contributed by atoms with Gasteiger partial charge in [-0.3, -0.25) is 0 Å². The van der Waals surface area contributed by atoms with Crippen LogP contribution in [0, 0.1) is 0 Å². The number of nitrogens with one attached hydrogen (secondary N) is 1. The fourth-order valence-electron chi connectivity index (χ4n) is 1.30. The average Bonchev–Trinajstić information content (AvgIpc) is 2.33. The van der Waals surface area contributed by atoms with E-state index in [0.29, 0.717) is 22.5 Å². The minimum absolute atomic E-state index is 0.309. The Morgan fingerprint density at radius 3 is 2.76 bits per heavy atom. The molecular formula is C11H19ClN4O. The Labute approximate surface area is 107 Å². The van der Waals surface area contributed by atoms with Crippen LogP contribution in [0.2, 0.25) is 5.15 Å². The van der Waals surface area contributed by atoms with Gasteiger partial charge in [0.05, 0.1) is 0 Å². The molecule has 0 aliphatic heterocycles. The molecule has 1 aromatic heterocycles. The van der Waals surface area contributed by atoms with E-state index in [1.165, 1.54) is 0 Å². The normalized spacial score (nSPS) is 10.5. The zero-order valence-electron chi connectivity index (χ0n) is 10.3. The molecule has 0 unspecified atom stereocenters. The molecule has 0 saturated heterocycles. The van der Waals surface area contributed by atoms with E-state index in [2.05, 4.69) is 15.3 Å². The molecule has 0 atom stereocenters. The van der Waals surface area contributed by atoms with Crippen molar-refractivity contribution in [3.8, 4) is 0 Å². The van der Waals surface area contributed by atoms with Crippen molar-refractivity contribution >= 4 is 23.1 Å². The van der Waals surface area contributed by atoms with E-state index in [4.69, 9.17) is 22.1 Å². The first-order valence-corrected chi connectivity index (χ1v) is 6.20. The molecule has 0 bridgehead atoms. The van der Waals surface area contributed by atoms with Gasteiger partial charge in [-0.25, -0.2) is 9.97 Å². The number of halogens is 1. The van der Waals surface area contributed by atoms with Gasteiger partial charge in [-0.15, -0.1) is 0 Å². The predicted octanol–water partition coefficient (Wildman–Crippen LogP) is 2.11. The Morgan fingerprint density at radius 1 is 1.35 bits per heavy atom. The van der Waals surface area contributed by atoms with Crippen molar-refractivity contribution in [1.82, 2.24) is 9.97 Å². The first-order chi connectivity index (χ1) is 8.19. The molecule has 6 heteroatoms. The second kappa shape index (κ2) is 7.29. The van der Waals surface area contributed by atoms with Crippen LogP contribution >= 0.6 is 11.6 Å². The van der Waals surface area contributed by atoms with Crippen LogP contribution in [-0.2, 0) is 11.2 Å². The molecule has 1 aromatic rings. The maximum atomic E-state index is 5.92. The number of nitrogens with two attached hydrogens (primary N) is 1. The quantitative estimate of drug-likeness (QED) is 0.579. The third kappa shape index (κ3) is 4.36. The van der Waals surface area contributed by atoms with Gasteiger partial charge < -0.3 is 15.8 Å². The van der Waals surface area contributed by atoms with E-state index < -0.39 is 0 Å². The molecule has 0 aromatic carbocycles. The molecule has 5 nitrogen and oxygen atoms in total. The highest BCUT2D eigenvalue weighted by Gasteiger charge is 2.08. The van der Waals surface area contributed by atoms with Crippen LogP contribution in [0.3, 0.4) is 0 Å². The van der Waals surface area contributed by atoms with E-state index in [0.717, 1.165) is 32.6 Å². The monoisotopic (exact) mass is 258 g/mol. The number of nitrogens with zero attached hydrogens (tertiary/aromatic N) is 2. The van der Waals surface area contributed by atoms with Gasteiger partial charge in [-0.05, 0) is 13.3 Å². The average molecular weight is 259 g/mol. The first-order valence-electron chi connectivity index (χ1n) is 5.82. The maximum Gasteiger partial charge on any atom is 0.157 e. The van der Waals surface area contributed by atoms with Crippen molar-refractivity contribution in [3.05, 3.63) is 11.0 Å². The van der Waals surface area contributed by atoms with Crippen molar-refractivity contribution in [1.29, 1.82) is 0 Å². The molecule has 17 heavy (non-hydrogen) atoms. The summed E-state index contributed by atoms with van der Waals surface area (Å²) in [5.74, 6) is 1.30. The smallest absolute Gasteiger partial charge is 0.157 e. The van der Waals surface area contributed by atoms with Crippen molar-refractivity contribution in [2.45, 2.75) is 26.7 Å². The van der Waals surface area contributed by atoms with Gasteiger partial charge in [0.25, 0.3) is 0 Å². The summed E-state index contributed by atoms with van der Waals surface area (Å²) in [5, 5.41) is 3.46. The molecular weight excluding hydrogens is 240 g/mol. The summed E-state index contributed by atoms with van der Waals surface area (Å²) in [6, 6.07) is 0. The Hall–Kier alpha value is -1.07. The molecule has 96 valence electrons. The summed E-state index contributed by atoms with van der Waals surface area (Å²) in [6.07, 6.45) is 1.63. The number of hydrogen-bond acceptors (Lipinski definition) is 5. The van der Waals surface area contributed by atoms with Crippen LogP contribution in [0.5, 0.6) is 0 Å². The topological polar surface area (TPSA) is 73.1 Å². The largest absolute Gasteiger partial charge is 0.393 e. The molecule has 0 amide bonds. The SMILES string of the molecule is CCOCCCNc1nc(CC)nc(Cl)c1N. The molecule has 0 spiro atoms. The van der Waals surface area contributed by atoms with Crippen LogP contribution in [0.25, 0.3) is 0 Å². The fraction of sp³-hybridized carbons (Fsp3) is 0.636. The van der Waals surface area contributed by atoms with Gasteiger partial charge in [0.1, 0.15) is 11.5 Å². The van der Waals surface area contributed by atoms with Crippen molar-refractivity contribution in [2.24, 2.45) is 0 Å². The van der Waals surface area contributed by atoms with Crippen molar-refractivity contribution < 1.29 is 4.74 Å². The number of rotatable bonds is 7. The fourth-order valence-corrected chi connectivity index (χ4v) is 1.49. The van der Waals surface area contributed by atoms with Crippen molar-refractivity contribution in [3.63, 3.8) is 0 Å². The van der Waals surface area contributed by atoms with Crippen molar-refractivity contribution in [2.75, 3.05) is 30.8 Å². The molecule has 0 fully saturated rings. The molecule has 0 saturated carbocycles. The first kappa shape index (κ1) is 14.0. The zero-order valence-corrected chi connectivity index (χ0v) is 11.0. The third-order valence-corrected chi connectivity index (χ3v) is 2.51. The highest BCUT2D eigenvalue weighted by molar-refractivity contribution is 6.32. The van der Waals surface area contributed by atoms with Crippen LogP contribution in [0.15, 0.2) is 0 Å². The number of aromatic nitrogens is 2. The number of anilines is 2. The second-order valence-electron chi connectivity index (χ2n) is 3.52. The van der Waals surface area contributed by atoms with Crippen LogP contribution in [0.1, 0.15) is 26.1 Å². The number of ether oxygens (including phenoxy) is 1. The Balaban J connectivity index is 2.54. The summed E-state index contributed by atoms with van der Waals surface area (Å²) in [6.45, 7) is 6.16. The highest BCUT2D eigenvalue weighted by atomic mass is 35.5. The van der Waals surface area contributed by atoms with Gasteiger partial charge in [-0.1, -0.05) is 18.5 Å². The zero-order chi connectivity index (χ0) is 12.7. The summed E-state index contributed by atoms with van der Waals surface area (Å²) in [5.41, 5.74) is 6.20. The third-order valence-electron chi connectivity index (χ3n) is 2.22. The minimum atomic E-state index is 0.309. The molecule has 0 radical (unpaired) electrons. The van der Waals surface area contributed by atoms with Gasteiger partial charge in [0.15, 0.2) is 11.0 Å². The van der Waals surface area contributed by atoms with E-state index in [1.54, 1.807) is 0 Å². The Kier molecular flexibility index (Phi) is 6.00. The van der Waals surface area contributed by atoms with E-state index in [1.807, 2.05) is 13.8 Å². The van der Waals surface area contributed by atoms with E-state index in [9.17, 15) is 0 Å².